The van der Waals surface area contributed by atoms with Crippen molar-refractivity contribution in [3.8, 4) is 0 Å². The first-order valence-corrected chi connectivity index (χ1v) is 4.35. The molecule has 0 fully saturated rings. The predicted molar refractivity (Wildman–Crippen MR) is 49.7 cm³/mol. The van der Waals surface area contributed by atoms with E-state index >= 15 is 0 Å². The molecule has 1 aromatic rings. The van der Waals surface area contributed by atoms with Crippen LogP contribution in [0.15, 0.2) is 24.3 Å². The van der Waals surface area contributed by atoms with Crippen LogP contribution in [0.2, 0.25) is 0 Å². The molecule has 0 heterocycles. The Morgan fingerprint density at radius 2 is 2.17 bits per heavy atom. The molecule has 65 valence electrons. The largest absolute Gasteiger partial charge is 0.388 e. The standard InChI is InChI=1S/C11H15O/c1-9(2)8-11(12)10-6-4-3-5-7-10/h3-6,9,11-12H,8H2,1-2H3. The van der Waals surface area contributed by atoms with Gasteiger partial charge in [0.2, 0.25) is 0 Å². The Morgan fingerprint density at radius 1 is 1.42 bits per heavy atom. The monoisotopic (exact) mass is 163 g/mol. The van der Waals surface area contributed by atoms with Gasteiger partial charge in [-0.05, 0) is 24.0 Å². The van der Waals surface area contributed by atoms with E-state index in [-0.39, 0.29) is 6.10 Å². The van der Waals surface area contributed by atoms with Gasteiger partial charge in [-0.1, -0.05) is 38.1 Å². The third-order valence-corrected chi connectivity index (χ3v) is 1.79. The zero-order chi connectivity index (χ0) is 8.97. The number of aliphatic hydroxyl groups is 1. The fraction of sp³-hybridized carbons (Fsp3) is 0.455. The summed E-state index contributed by atoms with van der Waals surface area (Å²) in [7, 11) is 0. The molecule has 0 saturated heterocycles. The molecule has 0 bridgehead atoms. The summed E-state index contributed by atoms with van der Waals surface area (Å²) >= 11 is 0. The quantitative estimate of drug-likeness (QED) is 0.726. The third-order valence-electron chi connectivity index (χ3n) is 1.79. The molecule has 1 nitrogen and oxygen atoms in total. The molecule has 0 aliphatic carbocycles. The average molecular weight is 163 g/mol. The number of rotatable bonds is 3. The van der Waals surface area contributed by atoms with Gasteiger partial charge < -0.3 is 5.11 Å². The SMILES string of the molecule is CC(C)CC(O)c1[c]cccc1. The molecular weight excluding hydrogens is 148 g/mol. The molecule has 1 N–H and O–H groups in total. The van der Waals surface area contributed by atoms with Gasteiger partial charge in [-0.2, -0.15) is 0 Å². The fourth-order valence-corrected chi connectivity index (χ4v) is 1.19. The maximum absolute atomic E-state index is 9.66. The van der Waals surface area contributed by atoms with E-state index in [2.05, 4.69) is 19.9 Å². The van der Waals surface area contributed by atoms with Gasteiger partial charge in [-0.15, -0.1) is 0 Å². The zero-order valence-electron chi connectivity index (χ0n) is 7.62. The van der Waals surface area contributed by atoms with E-state index in [0.717, 1.165) is 12.0 Å². The molecular formula is C11H15O. The average Bonchev–Trinajstić information content (AvgIpc) is 2.05. The van der Waals surface area contributed by atoms with Crippen molar-refractivity contribution in [2.24, 2.45) is 5.92 Å². The van der Waals surface area contributed by atoms with Crippen LogP contribution in [0.5, 0.6) is 0 Å². The maximum Gasteiger partial charge on any atom is 0.0798 e. The van der Waals surface area contributed by atoms with Crippen molar-refractivity contribution in [1.82, 2.24) is 0 Å². The summed E-state index contributed by atoms with van der Waals surface area (Å²) in [5.74, 6) is 0.522. The smallest absolute Gasteiger partial charge is 0.0798 e. The number of hydrogen-bond acceptors (Lipinski definition) is 1. The molecule has 0 spiro atoms. The molecule has 0 aromatic heterocycles. The summed E-state index contributed by atoms with van der Waals surface area (Å²) in [4.78, 5) is 0. The Balaban J connectivity index is 2.59. The molecule has 1 radical (unpaired) electrons. The summed E-state index contributed by atoms with van der Waals surface area (Å²) in [6, 6.07) is 10.6. The van der Waals surface area contributed by atoms with Gasteiger partial charge in [0.1, 0.15) is 0 Å². The molecule has 12 heavy (non-hydrogen) atoms. The van der Waals surface area contributed by atoms with Crippen molar-refractivity contribution in [3.05, 3.63) is 35.9 Å². The molecule has 1 unspecified atom stereocenters. The lowest BCUT2D eigenvalue weighted by Crippen LogP contribution is -2.01. The van der Waals surface area contributed by atoms with Gasteiger partial charge in [-0.3, -0.25) is 0 Å². The van der Waals surface area contributed by atoms with Crippen molar-refractivity contribution in [1.29, 1.82) is 0 Å². The number of benzene rings is 1. The summed E-state index contributed by atoms with van der Waals surface area (Å²) in [5.41, 5.74) is 0.895. The van der Waals surface area contributed by atoms with Gasteiger partial charge in [0, 0.05) is 0 Å². The van der Waals surface area contributed by atoms with Crippen molar-refractivity contribution in [2.75, 3.05) is 0 Å². The highest BCUT2D eigenvalue weighted by Gasteiger charge is 2.08. The van der Waals surface area contributed by atoms with Gasteiger partial charge in [0.05, 0.1) is 6.10 Å². The van der Waals surface area contributed by atoms with Crippen molar-refractivity contribution in [2.45, 2.75) is 26.4 Å². The highest BCUT2D eigenvalue weighted by Crippen LogP contribution is 2.19. The van der Waals surface area contributed by atoms with Crippen molar-refractivity contribution < 1.29 is 5.11 Å². The van der Waals surface area contributed by atoms with E-state index in [0.29, 0.717) is 5.92 Å². The zero-order valence-corrected chi connectivity index (χ0v) is 7.62. The predicted octanol–water partition coefficient (Wildman–Crippen LogP) is 2.57. The van der Waals surface area contributed by atoms with E-state index < -0.39 is 0 Å². The van der Waals surface area contributed by atoms with Crippen LogP contribution < -0.4 is 0 Å². The molecule has 0 aliphatic heterocycles. The summed E-state index contributed by atoms with van der Waals surface area (Å²) in [6.45, 7) is 4.21. The minimum atomic E-state index is -0.355. The molecule has 0 saturated carbocycles. The Kier molecular flexibility index (Phi) is 3.30. The molecule has 0 amide bonds. The van der Waals surface area contributed by atoms with Crippen LogP contribution in [0.3, 0.4) is 0 Å². The number of hydrogen-bond donors (Lipinski definition) is 1. The van der Waals surface area contributed by atoms with Crippen LogP contribution in [-0.4, -0.2) is 5.11 Å². The van der Waals surface area contributed by atoms with Crippen LogP contribution in [0.4, 0.5) is 0 Å². The molecule has 1 heteroatoms. The number of aliphatic hydroxyl groups excluding tert-OH is 1. The first-order chi connectivity index (χ1) is 5.70. The molecule has 1 aromatic carbocycles. The fourth-order valence-electron chi connectivity index (χ4n) is 1.19. The molecule has 0 aliphatic rings. The minimum Gasteiger partial charge on any atom is -0.388 e. The Bertz CT molecular complexity index is 216. The van der Waals surface area contributed by atoms with Crippen molar-refractivity contribution in [3.63, 3.8) is 0 Å². The van der Waals surface area contributed by atoms with Gasteiger partial charge >= 0.3 is 0 Å². The first-order valence-electron chi connectivity index (χ1n) is 4.35. The van der Waals surface area contributed by atoms with Gasteiger partial charge in [0.25, 0.3) is 0 Å². The van der Waals surface area contributed by atoms with E-state index in [1.165, 1.54) is 0 Å². The van der Waals surface area contributed by atoms with E-state index in [1.54, 1.807) is 0 Å². The highest BCUT2D eigenvalue weighted by molar-refractivity contribution is 5.15. The molecule has 1 rings (SSSR count). The second-order valence-corrected chi connectivity index (χ2v) is 3.46. The lowest BCUT2D eigenvalue weighted by Gasteiger charge is -2.12. The normalized spacial score (nSPS) is 13.3. The molecule has 1 atom stereocenters. The first kappa shape index (κ1) is 9.27. The lowest BCUT2D eigenvalue weighted by molar-refractivity contribution is 0.151. The summed E-state index contributed by atoms with van der Waals surface area (Å²) in [6.07, 6.45) is 0.451. The summed E-state index contributed by atoms with van der Waals surface area (Å²) in [5, 5.41) is 9.66. The van der Waals surface area contributed by atoms with Crippen molar-refractivity contribution >= 4 is 0 Å². The minimum absolute atomic E-state index is 0.355. The van der Waals surface area contributed by atoms with Crippen LogP contribution in [-0.2, 0) is 0 Å². The van der Waals surface area contributed by atoms with Gasteiger partial charge in [-0.25, -0.2) is 0 Å². The third kappa shape index (κ3) is 2.67. The van der Waals surface area contributed by atoms with Crippen LogP contribution in [0.25, 0.3) is 0 Å². The van der Waals surface area contributed by atoms with Gasteiger partial charge in [0.15, 0.2) is 0 Å². The lowest BCUT2D eigenvalue weighted by atomic mass is 10.00. The van der Waals surface area contributed by atoms with Crippen LogP contribution in [0, 0.1) is 12.0 Å². The Morgan fingerprint density at radius 3 is 2.67 bits per heavy atom. The Labute approximate surface area is 74.1 Å². The van der Waals surface area contributed by atoms with E-state index in [1.807, 2.05) is 24.3 Å². The Hall–Kier alpha value is -0.820. The summed E-state index contributed by atoms with van der Waals surface area (Å²) < 4.78 is 0. The second kappa shape index (κ2) is 4.27. The topological polar surface area (TPSA) is 20.2 Å². The van der Waals surface area contributed by atoms with Crippen LogP contribution >= 0.6 is 0 Å². The van der Waals surface area contributed by atoms with E-state index in [9.17, 15) is 5.11 Å². The maximum atomic E-state index is 9.66. The highest BCUT2D eigenvalue weighted by atomic mass is 16.3. The van der Waals surface area contributed by atoms with Crippen LogP contribution in [0.1, 0.15) is 31.9 Å². The van der Waals surface area contributed by atoms with E-state index in [4.69, 9.17) is 0 Å². The second-order valence-electron chi connectivity index (χ2n) is 3.46.